The van der Waals surface area contributed by atoms with E-state index < -0.39 is 0 Å². The van der Waals surface area contributed by atoms with Gasteiger partial charge in [0.05, 0.1) is 0 Å². The van der Waals surface area contributed by atoms with Crippen molar-refractivity contribution in [1.82, 2.24) is 4.90 Å². The zero-order chi connectivity index (χ0) is 15.1. The van der Waals surface area contributed by atoms with Gasteiger partial charge in [0.25, 0.3) is 0 Å². The Bertz CT molecular complexity index is 434. The van der Waals surface area contributed by atoms with Crippen molar-refractivity contribution in [2.75, 3.05) is 13.1 Å². The molecule has 4 fully saturated rings. The van der Waals surface area contributed by atoms with Crippen LogP contribution in [0.25, 0.3) is 0 Å². The minimum atomic E-state index is 0.255. The largest absolute Gasteiger partial charge is 0.335 e. The molecule has 0 spiro atoms. The molecule has 0 radical (unpaired) electrons. The molecule has 0 aliphatic heterocycles. The van der Waals surface area contributed by atoms with Crippen LogP contribution >= 0.6 is 15.9 Å². The average molecular weight is 352 g/mol. The number of hydrogen-bond acceptors (Lipinski definition) is 1. The number of amides is 1. The molecule has 0 aromatic heterocycles. The molecule has 0 heterocycles. The molecule has 2 unspecified atom stereocenters. The summed E-state index contributed by atoms with van der Waals surface area (Å²) >= 11 is 4.02. The van der Waals surface area contributed by atoms with Gasteiger partial charge in [0, 0.05) is 23.8 Å². The van der Waals surface area contributed by atoms with E-state index in [1.165, 1.54) is 38.5 Å². The zero-order valence-electron chi connectivity index (χ0n) is 12.8. The summed E-state index contributed by atoms with van der Waals surface area (Å²) in [7, 11) is 0. The van der Waals surface area contributed by atoms with Gasteiger partial charge in [-0.25, -0.2) is 0 Å². The Hall–Kier alpha value is -0.570. The first kappa shape index (κ1) is 15.3. The van der Waals surface area contributed by atoms with Crippen molar-refractivity contribution in [2.45, 2.75) is 49.3 Å². The molecular weight excluding hydrogens is 326 g/mol. The van der Waals surface area contributed by atoms with Crippen molar-refractivity contribution in [3.05, 3.63) is 25.3 Å². The van der Waals surface area contributed by atoms with Gasteiger partial charge in [0.15, 0.2) is 0 Å². The van der Waals surface area contributed by atoms with Gasteiger partial charge >= 0.3 is 0 Å². The number of nitrogens with zero attached hydrogens (tertiary/aromatic N) is 1. The molecule has 3 heteroatoms. The van der Waals surface area contributed by atoms with Gasteiger partial charge in [-0.05, 0) is 55.8 Å². The quantitative estimate of drug-likeness (QED) is 0.515. The van der Waals surface area contributed by atoms with Crippen molar-refractivity contribution in [3.8, 4) is 0 Å². The molecule has 4 aliphatic carbocycles. The standard InChI is InChI=1S/C18H26BrNO/c1-3-5-20(6-4-2)16(21)12-17-8-14-7-15(9-17)11-18(19,10-14)13-17/h3-4,14-15H,1-2,5-13H2. The number of carbonyl (C=O) groups is 1. The van der Waals surface area contributed by atoms with Gasteiger partial charge in [-0.3, -0.25) is 4.79 Å². The van der Waals surface area contributed by atoms with Crippen LogP contribution in [-0.4, -0.2) is 28.2 Å². The Labute approximate surface area is 136 Å². The van der Waals surface area contributed by atoms with Gasteiger partial charge in [0.2, 0.25) is 5.91 Å². The lowest BCUT2D eigenvalue weighted by Crippen LogP contribution is -2.54. The summed E-state index contributed by atoms with van der Waals surface area (Å²) in [6.07, 6.45) is 12.1. The van der Waals surface area contributed by atoms with Crippen LogP contribution < -0.4 is 0 Å². The summed E-state index contributed by atoms with van der Waals surface area (Å²) in [5.41, 5.74) is 0.255. The van der Waals surface area contributed by atoms with Crippen molar-refractivity contribution >= 4 is 21.8 Å². The van der Waals surface area contributed by atoms with Crippen LogP contribution in [-0.2, 0) is 4.79 Å². The molecule has 1 amide bonds. The Morgan fingerprint density at radius 2 is 1.71 bits per heavy atom. The van der Waals surface area contributed by atoms with Crippen LogP contribution in [0.5, 0.6) is 0 Å². The molecule has 4 saturated carbocycles. The molecule has 0 aromatic rings. The monoisotopic (exact) mass is 351 g/mol. The Balaban J connectivity index is 1.73. The zero-order valence-corrected chi connectivity index (χ0v) is 14.4. The molecular formula is C18H26BrNO. The molecule has 116 valence electrons. The van der Waals surface area contributed by atoms with Crippen molar-refractivity contribution < 1.29 is 4.79 Å². The molecule has 4 aliphatic rings. The fraction of sp³-hybridized carbons (Fsp3) is 0.722. The SMILES string of the molecule is C=CCN(CC=C)C(=O)CC12CC3CC(CC(Br)(C3)C1)C2. The smallest absolute Gasteiger partial charge is 0.223 e. The molecule has 0 saturated heterocycles. The molecule has 4 bridgehead atoms. The second-order valence-electron chi connectivity index (χ2n) is 7.66. The maximum atomic E-state index is 12.7. The van der Waals surface area contributed by atoms with Gasteiger partial charge in [-0.15, -0.1) is 13.2 Å². The summed E-state index contributed by atoms with van der Waals surface area (Å²) in [5, 5.41) is 0. The molecule has 4 rings (SSSR count). The topological polar surface area (TPSA) is 20.3 Å². The molecule has 2 atom stereocenters. The van der Waals surface area contributed by atoms with Gasteiger partial charge in [-0.1, -0.05) is 28.1 Å². The second-order valence-corrected chi connectivity index (χ2v) is 9.35. The summed E-state index contributed by atoms with van der Waals surface area (Å²) in [5.74, 6) is 1.96. The first-order chi connectivity index (χ1) is 9.97. The van der Waals surface area contributed by atoms with E-state index in [4.69, 9.17) is 0 Å². The lowest BCUT2D eigenvalue weighted by Gasteiger charge is -2.60. The van der Waals surface area contributed by atoms with Crippen LogP contribution in [0.1, 0.15) is 44.9 Å². The second kappa shape index (κ2) is 5.57. The van der Waals surface area contributed by atoms with Crippen LogP contribution in [0.2, 0.25) is 0 Å². The number of hydrogen-bond donors (Lipinski definition) is 0. The lowest BCUT2D eigenvalue weighted by molar-refractivity contribution is -0.137. The van der Waals surface area contributed by atoms with E-state index in [2.05, 4.69) is 29.1 Å². The van der Waals surface area contributed by atoms with Gasteiger partial charge in [-0.2, -0.15) is 0 Å². The Morgan fingerprint density at radius 3 is 2.19 bits per heavy atom. The summed E-state index contributed by atoms with van der Waals surface area (Å²) < 4.78 is 0.332. The van der Waals surface area contributed by atoms with Crippen molar-refractivity contribution in [2.24, 2.45) is 17.3 Å². The Kier molecular flexibility index (Phi) is 4.06. The summed E-state index contributed by atoms with van der Waals surface area (Å²) in [6, 6.07) is 0. The normalized spacial score (nSPS) is 40.0. The van der Waals surface area contributed by atoms with Gasteiger partial charge in [0.1, 0.15) is 0 Å². The molecule has 0 N–H and O–H groups in total. The average Bonchev–Trinajstić information content (AvgIpc) is 2.34. The maximum Gasteiger partial charge on any atom is 0.223 e. The number of halogens is 1. The van der Waals surface area contributed by atoms with E-state index in [9.17, 15) is 4.79 Å². The highest BCUT2D eigenvalue weighted by atomic mass is 79.9. The van der Waals surface area contributed by atoms with E-state index >= 15 is 0 Å². The van der Waals surface area contributed by atoms with Crippen LogP contribution in [0.3, 0.4) is 0 Å². The predicted molar refractivity (Wildman–Crippen MR) is 90.4 cm³/mol. The molecule has 2 nitrogen and oxygen atoms in total. The molecule has 21 heavy (non-hydrogen) atoms. The van der Waals surface area contributed by atoms with E-state index in [0.717, 1.165) is 18.3 Å². The number of alkyl halides is 1. The highest BCUT2D eigenvalue weighted by Crippen LogP contribution is 2.65. The van der Waals surface area contributed by atoms with E-state index in [1.54, 1.807) is 0 Å². The number of carbonyl (C=O) groups excluding carboxylic acids is 1. The van der Waals surface area contributed by atoms with Crippen LogP contribution in [0, 0.1) is 17.3 Å². The van der Waals surface area contributed by atoms with Crippen LogP contribution in [0.15, 0.2) is 25.3 Å². The molecule has 0 aromatic carbocycles. The Morgan fingerprint density at radius 1 is 1.14 bits per heavy atom. The highest BCUT2D eigenvalue weighted by Gasteiger charge is 2.57. The minimum Gasteiger partial charge on any atom is -0.335 e. The van der Waals surface area contributed by atoms with Crippen molar-refractivity contribution in [3.63, 3.8) is 0 Å². The third-order valence-electron chi connectivity index (χ3n) is 5.69. The highest BCUT2D eigenvalue weighted by molar-refractivity contribution is 9.10. The van der Waals surface area contributed by atoms with Gasteiger partial charge < -0.3 is 4.90 Å². The van der Waals surface area contributed by atoms with Crippen LogP contribution in [0.4, 0.5) is 0 Å². The third-order valence-corrected chi connectivity index (χ3v) is 6.62. The van der Waals surface area contributed by atoms with E-state index in [-0.39, 0.29) is 11.3 Å². The number of rotatable bonds is 6. The minimum absolute atomic E-state index is 0.255. The maximum absolute atomic E-state index is 12.7. The first-order valence-electron chi connectivity index (χ1n) is 8.16. The predicted octanol–water partition coefficient (Wildman–Crippen LogP) is 4.31. The summed E-state index contributed by atoms with van der Waals surface area (Å²) in [4.78, 5) is 14.6. The van der Waals surface area contributed by atoms with E-state index in [1.807, 2.05) is 17.1 Å². The lowest BCUT2D eigenvalue weighted by atomic mass is 9.48. The fourth-order valence-corrected chi connectivity index (χ4v) is 7.08. The van der Waals surface area contributed by atoms with Crippen molar-refractivity contribution in [1.29, 1.82) is 0 Å². The first-order valence-corrected chi connectivity index (χ1v) is 8.95. The summed E-state index contributed by atoms with van der Waals surface area (Å²) in [6.45, 7) is 8.80. The van der Waals surface area contributed by atoms with E-state index in [0.29, 0.717) is 17.4 Å². The third kappa shape index (κ3) is 2.99. The fourth-order valence-electron chi connectivity index (χ4n) is 5.57.